The van der Waals surface area contributed by atoms with Gasteiger partial charge in [0.25, 0.3) is 0 Å². The van der Waals surface area contributed by atoms with Gasteiger partial charge in [-0.2, -0.15) is 0 Å². The number of hydrogen-bond acceptors (Lipinski definition) is 3. The van der Waals surface area contributed by atoms with Crippen LogP contribution in [-0.4, -0.2) is 59.7 Å². The van der Waals surface area contributed by atoms with E-state index in [1.807, 2.05) is 9.80 Å². The van der Waals surface area contributed by atoms with Gasteiger partial charge < -0.3 is 15.1 Å². The second-order valence-corrected chi connectivity index (χ2v) is 7.70. The molecule has 0 aromatic heterocycles. The lowest BCUT2D eigenvalue weighted by atomic mass is 9.93. The van der Waals surface area contributed by atoms with Crippen LogP contribution >= 0.6 is 0 Å². The zero-order valence-electron chi connectivity index (χ0n) is 15.2. The van der Waals surface area contributed by atoms with Gasteiger partial charge in [-0.1, -0.05) is 25.7 Å². The first kappa shape index (κ1) is 18.2. The fourth-order valence-electron chi connectivity index (χ4n) is 4.41. The van der Waals surface area contributed by atoms with Gasteiger partial charge in [0.15, 0.2) is 0 Å². The molecule has 2 saturated heterocycles. The Kier molecular flexibility index (Phi) is 6.32. The molecule has 1 aliphatic carbocycles. The van der Waals surface area contributed by atoms with Crippen molar-refractivity contribution in [2.75, 3.05) is 26.2 Å². The van der Waals surface area contributed by atoms with E-state index >= 15 is 0 Å². The topological polar surface area (TPSA) is 69.7 Å². The molecule has 140 valence electrons. The number of hydrogen-bond donors (Lipinski definition) is 1. The minimum atomic E-state index is -0.102. The number of rotatable bonds is 5. The predicted octanol–water partition coefficient (Wildman–Crippen LogP) is 1.69. The fourth-order valence-corrected chi connectivity index (χ4v) is 4.41. The van der Waals surface area contributed by atoms with Crippen LogP contribution in [0, 0.1) is 5.92 Å². The quantitative estimate of drug-likeness (QED) is 0.768. The molecule has 6 nitrogen and oxygen atoms in total. The van der Waals surface area contributed by atoms with E-state index < -0.39 is 0 Å². The second-order valence-electron chi connectivity index (χ2n) is 7.70. The van der Waals surface area contributed by atoms with Crippen LogP contribution in [0.3, 0.4) is 0 Å². The zero-order valence-corrected chi connectivity index (χ0v) is 15.2. The number of nitrogens with one attached hydrogen (secondary N) is 1. The SMILES string of the molecule is O=C(NCCN1CCCC1=O)[C@@H]1CCC(=O)N(C2CCCCCC2)C1. The summed E-state index contributed by atoms with van der Waals surface area (Å²) in [6.45, 7) is 2.49. The second kappa shape index (κ2) is 8.68. The summed E-state index contributed by atoms with van der Waals surface area (Å²) in [6.07, 6.45) is 9.76. The zero-order chi connectivity index (χ0) is 17.6. The number of amides is 3. The maximum atomic E-state index is 12.5. The van der Waals surface area contributed by atoms with Crippen LogP contribution in [0.25, 0.3) is 0 Å². The molecule has 0 radical (unpaired) electrons. The van der Waals surface area contributed by atoms with Crippen molar-refractivity contribution in [2.24, 2.45) is 5.92 Å². The van der Waals surface area contributed by atoms with E-state index in [1.54, 1.807) is 0 Å². The summed E-state index contributed by atoms with van der Waals surface area (Å²) in [7, 11) is 0. The molecule has 1 atom stereocenters. The van der Waals surface area contributed by atoms with Crippen molar-refractivity contribution in [1.29, 1.82) is 0 Å². The van der Waals surface area contributed by atoms with Crippen LogP contribution in [-0.2, 0) is 14.4 Å². The normalized spacial score (nSPS) is 26.0. The molecule has 0 unspecified atom stereocenters. The molecule has 0 aromatic carbocycles. The average molecular weight is 349 g/mol. The van der Waals surface area contributed by atoms with Gasteiger partial charge in [0.1, 0.15) is 0 Å². The van der Waals surface area contributed by atoms with Crippen molar-refractivity contribution in [3.05, 3.63) is 0 Å². The van der Waals surface area contributed by atoms with Gasteiger partial charge in [-0.25, -0.2) is 0 Å². The minimum absolute atomic E-state index is 0.0396. The molecule has 2 heterocycles. The third-order valence-electron chi connectivity index (χ3n) is 5.93. The lowest BCUT2D eigenvalue weighted by molar-refractivity contribution is -0.141. The van der Waals surface area contributed by atoms with Crippen LogP contribution < -0.4 is 5.32 Å². The molecule has 0 aromatic rings. The first-order valence-electron chi connectivity index (χ1n) is 10.00. The number of carbonyl (C=O) groups excluding carboxylic acids is 3. The number of likely N-dealkylation sites (tertiary alicyclic amines) is 2. The molecule has 6 heteroatoms. The number of nitrogens with zero attached hydrogens (tertiary/aromatic N) is 2. The van der Waals surface area contributed by atoms with E-state index in [-0.39, 0.29) is 23.6 Å². The molecule has 3 fully saturated rings. The van der Waals surface area contributed by atoms with Gasteiger partial charge in [0.05, 0.1) is 5.92 Å². The fraction of sp³-hybridized carbons (Fsp3) is 0.842. The first-order valence-corrected chi connectivity index (χ1v) is 10.00. The van der Waals surface area contributed by atoms with E-state index in [1.165, 1.54) is 25.7 Å². The monoisotopic (exact) mass is 349 g/mol. The molecule has 1 saturated carbocycles. The van der Waals surface area contributed by atoms with E-state index in [0.29, 0.717) is 44.9 Å². The molecular formula is C19H31N3O3. The Balaban J connectivity index is 1.47. The lowest BCUT2D eigenvalue weighted by Crippen LogP contribution is -2.50. The van der Waals surface area contributed by atoms with Crippen LogP contribution in [0.5, 0.6) is 0 Å². The summed E-state index contributed by atoms with van der Waals surface area (Å²) in [6, 6.07) is 0.327. The maximum Gasteiger partial charge on any atom is 0.224 e. The summed E-state index contributed by atoms with van der Waals surface area (Å²) in [5.74, 6) is 0.351. The Bertz CT molecular complexity index is 500. The lowest BCUT2D eigenvalue weighted by Gasteiger charge is -2.37. The molecule has 2 aliphatic heterocycles. The highest BCUT2D eigenvalue weighted by atomic mass is 16.2. The third kappa shape index (κ3) is 4.73. The average Bonchev–Trinajstić information content (AvgIpc) is 2.86. The van der Waals surface area contributed by atoms with E-state index in [4.69, 9.17) is 0 Å². The van der Waals surface area contributed by atoms with E-state index in [2.05, 4.69) is 5.32 Å². The van der Waals surface area contributed by atoms with Crippen LogP contribution in [0.1, 0.15) is 64.2 Å². The molecule has 0 bridgehead atoms. The van der Waals surface area contributed by atoms with Gasteiger partial charge >= 0.3 is 0 Å². The van der Waals surface area contributed by atoms with E-state index in [0.717, 1.165) is 25.8 Å². The van der Waals surface area contributed by atoms with Crippen molar-refractivity contribution in [1.82, 2.24) is 15.1 Å². The Labute approximate surface area is 150 Å². The summed E-state index contributed by atoms with van der Waals surface area (Å²) in [5, 5.41) is 2.98. The van der Waals surface area contributed by atoms with Gasteiger partial charge in [0, 0.05) is 45.1 Å². The van der Waals surface area contributed by atoms with Gasteiger partial charge in [0.2, 0.25) is 17.7 Å². The molecule has 1 N–H and O–H groups in total. The minimum Gasteiger partial charge on any atom is -0.354 e. The highest BCUT2D eigenvalue weighted by Gasteiger charge is 2.34. The van der Waals surface area contributed by atoms with Gasteiger partial charge in [-0.3, -0.25) is 14.4 Å². The summed E-state index contributed by atoms with van der Waals surface area (Å²) >= 11 is 0. The Hall–Kier alpha value is -1.59. The molecule has 3 aliphatic rings. The molecule has 0 spiro atoms. The summed E-state index contributed by atoms with van der Waals surface area (Å²) in [5.41, 5.74) is 0. The van der Waals surface area contributed by atoms with Crippen molar-refractivity contribution in [2.45, 2.75) is 70.3 Å². The molecular weight excluding hydrogens is 318 g/mol. The first-order chi connectivity index (χ1) is 12.1. The smallest absolute Gasteiger partial charge is 0.224 e. The third-order valence-corrected chi connectivity index (χ3v) is 5.93. The molecule has 3 rings (SSSR count). The van der Waals surface area contributed by atoms with Crippen molar-refractivity contribution in [3.63, 3.8) is 0 Å². The van der Waals surface area contributed by atoms with Gasteiger partial charge in [-0.05, 0) is 25.7 Å². The van der Waals surface area contributed by atoms with Crippen LogP contribution in [0.4, 0.5) is 0 Å². The molecule has 3 amide bonds. The number of carbonyl (C=O) groups is 3. The Morgan fingerprint density at radius 3 is 2.40 bits per heavy atom. The standard InChI is InChI=1S/C19H31N3O3/c23-17-8-5-12-21(17)13-11-20-19(25)15-9-10-18(24)22(14-15)16-6-3-1-2-4-7-16/h15-16H,1-14H2,(H,20,25)/t15-/m1/s1. The van der Waals surface area contributed by atoms with Crippen molar-refractivity contribution in [3.8, 4) is 0 Å². The Morgan fingerprint density at radius 2 is 1.72 bits per heavy atom. The Morgan fingerprint density at radius 1 is 0.960 bits per heavy atom. The van der Waals surface area contributed by atoms with Crippen molar-refractivity contribution >= 4 is 17.7 Å². The van der Waals surface area contributed by atoms with Crippen LogP contribution in [0.2, 0.25) is 0 Å². The van der Waals surface area contributed by atoms with Gasteiger partial charge in [-0.15, -0.1) is 0 Å². The van der Waals surface area contributed by atoms with Crippen molar-refractivity contribution < 1.29 is 14.4 Å². The number of piperidine rings is 1. The van der Waals surface area contributed by atoms with Crippen LogP contribution in [0.15, 0.2) is 0 Å². The predicted molar refractivity (Wildman–Crippen MR) is 94.8 cm³/mol. The highest BCUT2D eigenvalue weighted by molar-refractivity contribution is 5.84. The maximum absolute atomic E-state index is 12.5. The largest absolute Gasteiger partial charge is 0.354 e. The highest BCUT2D eigenvalue weighted by Crippen LogP contribution is 2.27. The summed E-state index contributed by atoms with van der Waals surface area (Å²) in [4.78, 5) is 40.3. The van der Waals surface area contributed by atoms with E-state index in [9.17, 15) is 14.4 Å². The molecule has 25 heavy (non-hydrogen) atoms. The summed E-state index contributed by atoms with van der Waals surface area (Å²) < 4.78 is 0.